The van der Waals surface area contributed by atoms with Crippen LogP contribution >= 0.6 is 0 Å². The van der Waals surface area contributed by atoms with E-state index in [9.17, 15) is 14.4 Å². The van der Waals surface area contributed by atoms with Crippen LogP contribution in [-0.4, -0.2) is 60.6 Å². The molecule has 0 radical (unpaired) electrons. The van der Waals surface area contributed by atoms with E-state index in [1.807, 2.05) is 0 Å². The third kappa shape index (κ3) is 2.04. The number of rotatable bonds is 1. The number of nitrogens with two attached hydrogens (primary N) is 1. The fraction of sp³-hybridized carbons (Fsp3) is 0.750. The Hall–Kier alpha value is -1.67. The minimum Gasteiger partial charge on any atom is -0.379 e. The number of hydrogen-bond donors (Lipinski definition) is 3. The third-order valence-corrected chi connectivity index (χ3v) is 4.26. The molecule has 3 saturated heterocycles. The number of nitrogens with one attached hydrogen (secondary N) is 2. The van der Waals surface area contributed by atoms with Crippen molar-refractivity contribution in [1.82, 2.24) is 15.5 Å². The lowest BCUT2D eigenvalue weighted by Crippen LogP contribution is -2.61. The fourth-order valence-electron chi connectivity index (χ4n) is 3.12. The first-order chi connectivity index (χ1) is 9.52. The Morgan fingerprint density at radius 2 is 2.20 bits per heavy atom. The molecule has 3 rings (SSSR count). The monoisotopic (exact) mass is 282 g/mol. The minimum absolute atomic E-state index is 0.0944. The topological polar surface area (TPSA) is 114 Å². The van der Waals surface area contributed by atoms with E-state index in [2.05, 4.69) is 10.6 Å². The Balaban J connectivity index is 1.74. The quantitative estimate of drug-likeness (QED) is 0.489. The predicted octanol–water partition coefficient (Wildman–Crippen LogP) is -1.84. The third-order valence-electron chi connectivity index (χ3n) is 4.26. The largest absolute Gasteiger partial charge is 0.379 e. The van der Waals surface area contributed by atoms with Crippen molar-refractivity contribution in [2.75, 3.05) is 26.3 Å². The lowest BCUT2D eigenvalue weighted by atomic mass is 9.88. The first-order valence-corrected chi connectivity index (χ1v) is 6.77. The van der Waals surface area contributed by atoms with E-state index in [4.69, 9.17) is 10.5 Å². The fourth-order valence-corrected chi connectivity index (χ4v) is 3.12. The van der Waals surface area contributed by atoms with Crippen molar-refractivity contribution < 1.29 is 19.1 Å². The van der Waals surface area contributed by atoms with Gasteiger partial charge in [0.05, 0.1) is 25.7 Å². The van der Waals surface area contributed by atoms with Crippen LogP contribution in [-0.2, 0) is 14.3 Å². The molecule has 0 aromatic carbocycles. The summed E-state index contributed by atoms with van der Waals surface area (Å²) >= 11 is 0. The van der Waals surface area contributed by atoms with Gasteiger partial charge in [-0.25, -0.2) is 4.79 Å². The van der Waals surface area contributed by atoms with Gasteiger partial charge in [-0.15, -0.1) is 0 Å². The van der Waals surface area contributed by atoms with E-state index in [1.165, 1.54) is 0 Å². The number of urea groups is 1. The second-order valence-corrected chi connectivity index (χ2v) is 5.66. The lowest BCUT2D eigenvalue weighted by molar-refractivity contribution is -0.140. The second kappa shape index (κ2) is 4.71. The molecule has 3 atom stereocenters. The highest BCUT2D eigenvalue weighted by Gasteiger charge is 2.50. The summed E-state index contributed by atoms with van der Waals surface area (Å²) in [6, 6.07) is -0.794. The van der Waals surface area contributed by atoms with Gasteiger partial charge in [0.2, 0.25) is 5.91 Å². The van der Waals surface area contributed by atoms with Crippen LogP contribution in [0.25, 0.3) is 0 Å². The summed E-state index contributed by atoms with van der Waals surface area (Å²) in [5, 5.41) is 4.89. The minimum atomic E-state index is -0.978. The summed E-state index contributed by atoms with van der Waals surface area (Å²) in [6.07, 6.45) is 1.21. The maximum Gasteiger partial charge on any atom is 0.322 e. The van der Waals surface area contributed by atoms with Crippen LogP contribution in [0.1, 0.15) is 12.8 Å². The van der Waals surface area contributed by atoms with Gasteiger partial charge in [-0.3, -0.25) is 14.9 Å². The zero-order valence-electron chi connectivity index (χ0n) is 11.1. The molecule has 3 aliphatic heterocycles. The zero-order valence-corrected chi connectivity index (χ0v) is 11.1. The second-order valence-electron chi connectivity index (χ2n) is 5.66. The Bertz CT molecular complexity index is 468. The molecule has 3 unspecified atom stereocenters. The Labute approximate surface area is 116 Å². The van der Waals surface area contributed by atoms with Gasteiger partial charge in [0, 0.05) is 12.6 Å². The number of carbonyl (C=O) groups excluding carboxylic acids is 3. The van der Waals surface area contributed by atoms with Gasteiger partial charge in [0.15, 0.2) is 0 Å². The van der Waals surface area contributed by atoms with Crippen molar-refractivity contribution in [3.63, 3.8) is 0 Å². The van der Waals surface area contributed by atoms with Gasteiger partial charge < -0.3 is 20.7 Å². The lowest BCUT2D eigenvalue weighted by Gasteiger charge is -2.39. The maximum atomic E-state index is 12.5. The van der Waals surface area contributed by atoms with Gasteiger partial charge in [-0.05, 0) is 12.8 Å². The van der Waals surface area contributed by atoms with Crippen LogP contribution in [0, 0.1) is 5.92 Å². The highest BCUT2D eigenvalue weighted by Crippen LogP contribution is 2.26. The molecule has 3 heterocycles. The molecule has 110 valence electrons. The summed E-state index contributed by atoms with van der Waals surface area (Å²) in [5.41, 5.74) is 4.88. The number of carbonyl (C=O) groups is 3. The molecule has 0 aromatic heterocycles. The first kappa shape index (κ1) is 13.3. The van der Waals surface area contributed by atoms with E-state index < -0.39 is 11.6 Å². The summed E-state index contributed by atoms with van der Waals surface area (Å²) in [4.78, 5) is 37.3. The number of imide groups is 1. The van der Waals surface area contributed by atoms with E-state index in [-0.39, 0.29) is 30.3 Å². The summed E-state index contributed by atoms with van der Waals surface area (Å²) in [6.45, 7) is 1.48. The molecular weight excluding hydrogens is 264 g/mol. The number of hydrogen-bond acceptors (Lipinski definition) is 5. The smallest absolute Gasteiger partial charge is 0.322 e. The molecule has 0 aliphatic carbocycles. The molecular formula is C12H18N4O4. The molecule has 0 aromatic rings. The standard InChI is InChI=1S/C12H18N4O4/c13-8-5-20-4-7(8)9(17)16-3-1-2-12(6-16)10(18)14-11(19)15-12/h7-8H,1-6,13H2,(H2,14,15,18,19). The Kier molecular flexibility index (Phi) is 3.14. The van der Waals surface area contributed by atoms with Gasteiger partial charge in [-0.1, -0.05) is 0 Å². The molecule has 8 heteroatoms. The van der Waals surface area contributed by atoms with Crippen LogP contribution in [0.5, 0.6) is 0 Å². The molecule has 4 amide bonds. The average molecular weight is 282 g/mol. The van der Waals surface area contributed by atoms with E-state index in [1.54, 1.807) is 4.90 Å². The first-order valence-electron chi connectivity index (χ1n) is 6.77. The summed E-state index contributed by atoms with van der Waals surface area (Å²) in [7, 11) is 0. The van der Waals surface area contributed by atoms with E-state index in [0.717, 1.165) is 0 Å². The molecule has 3 aliphatic rings. The normalized spacial score (nSPS) is 37.1. The molecule has 8 nitrogen and oxygen atoms in total. The summed E-state index contributed by atoms with van der Waals surface area (Å²) in [5.74, 6) is -0.805. The number of piperidine rings is 1. The van der Waals surface area contributed by atoms with Crippen molar-refractivity contribution in [2.24, 2.45) is 11.7 Å². The van der Waals surface area contributed by atoms with Crippen molar-refractivity contribution in [3.05, 3.63) is 0 Å². The number of ether oxygens (including phenoxy) is 1. The number of likely N-dealkylation sites (tertiary alicyclic amines) is 1. The maximum absolute atomic E-state index is 12.5. The van der Waals surface area contributed by atoms with Crippen LogP contribution in [0.3, 0.4) is 0 Å². The highest BCUT2D eigenvalue weighted by atomic mass is 16.5. The molecule has 0 saturated carbocycles. The van der Waals surface area contributed by atoms with E-state index in [0.29, 0.717) is 32.6 Å². The van der Waals surface area contributed by atoms with Gasteiger partial charge in [0.25, 0.3) is 5.91 Å². The van der Waals surface area contributed by atoms with E-state index >= 15 is 0 Å². The predicted molar refractivity (Wildman–Crippen MR) is 67.5 cm³/mol. The van der Waals surface area contributed by atoms with Crippen LogP contribution in [0.4, 0.5) is 4.79 Å². The number of amides is 4. The zero-order chi connectivity index (χ0) is 14.3. The van der Waals surface area contributed by atoms with Crippen molar-refractivity contribution >= 4 is 17.8 Å². The van der Waals surface area contributed by atoms with Crippen LogP contribution in [0.15, 0.2) is 0 Å². The average Bonchev–Trinajstić information content (AvgIpc) is 2.94. The Morgan fingerprint density at radius 1 is 1.40 bits per heavy atom. The Morgan fingerprint density at radius 3 is 2.80 bits per heavy atom. The van der Waals surface area contributed by atoms with Crippen molar-refractivity contribution in [3.8, 4) is 0 Å². The van der Waals surface area contributed by atoms with Crippen LogP contribution < -0.4 is 16.4 Å². The molecule has 4 N–H and O–H groups in total. The number of nitrogens with zero attached hydrogens (tertiary/aromatic N) is 1. The molecule has 3 fully saturated rings. The van der Waals surface area contributed by atoms with Gasteiger partial charge in [-0.2, -0.15) is 0 Å². The molecule has 1 spiro atoms. The van der Waals surface area contributed by atoms with Crippen molar-refractivity contribution in [2.45, 2.75) is 24.4 Å². The molecule has 20 heavy (non-hydrogen) atoms. The molecule has 0 bridgehead atoms. The van der Waals surface area contributed by atoms with Crippen molar-refractivity contribution in [1.29, 1.82) is 0 Å². The highest BCUT2D eigenvalue weighted by molar-refractivity contribution is 6.07. The summed E-state index contributed by atoms with van der Waals surface area (Å²) < 4.78 is 5.21. The SMILES string of the molecule is NC1COCC1C(=O)N1CCCC2(C1)NC(=O)NC2=O. The van der Waals surface area contributed by atoms with Gasteiger partial charge >= 0.3 is 6.03 Å². The van der Waals surface area contributed by atoms with Crippen LogP contribution in [0.2, 0.25) is 0 Å². The van der Waals surface area contributed by atoms with Gasteiger partial charge in [0.1, 0.15) is 5.54 Å².